The standard InChI is InChI=1S/C21H24N4OS/c1-15-6-5-8-18(16(15)2)25-12-10-24(11-13-25)14-20(26)23-21-22-17-7-3-4-9-19(17)27-21/h3-9H,10-14H2,1-2H3,(H,22,23,26)/p+1. The van der Waals surface area contributed by atoms with Crippen LogP contribution in [0.15, 0.2) is 42.5 Å². The Balaban J connectivity index is 1.32. The summed E-state index contributed by atoms with van der Waals surface area (Å²) >= 11 is 1.53. The first-order valence-corrected chi connectivity index (χ1v) is 10.2. The quantitative estimate of drug-likeness (QED) is 0.729. The van der Waals surface area contributed by atoms with Gasteiger partial charge in [0.1, 0.15) is 0 Å². The van der Waals surface area contributed by atoms with E-state index in [-0.39, 0.29) is 5.91 Å². The fourth-order valence-electron chi connectivity index (χ4n) is 3.64. The number of anilines is 2. The maximum atomic E-state index is 12.4. The zero-order valence-electron chi connectivity index (χ0n) is 15.8. The van der Waals surface area contributed by atoms with Crippen LogP contribution in [0.4, 0.5) is 10.8 Å². The zero-order chi connectivity index (χ0) is 18.8. The molecule has 0 unspecified atom stereocenters. The summed E-state index contributed by atoms with van der Waals surface area (Å²) in [6, 6.07) is 14.4. The van der Waals surface area contributed by atoms with E-state index >= 15 is 0 Å². The summed E-state index contributed by atoms with van der Waals surface area (Å²) in [6.07, 6.45) is 0. The maximum absolute atomic E-state index is 12.4. The molecule has 1 aromatic heterocycles. The van der Waals surface area contributed by atoms with Crippen molar-refractivity contribution in [3.05, 3.63) is 53.6 Å². The van der Waals surface area contributed by atoms with E-state index in [0.29, 0.717) is 11.7 Å². The number of piperazine rings is 1. The van der Waals surface area contributed by atoms with Crippen molar-refractivity contribution in [2.45, 2.75) is 13.8 Å². The fraction of sp³-hybridized carbons (Fsp3) is 0.333. The molecule has 1 saturated heterocycles. The third kappa shape index (κ3) is 3.96. The van der Waals surface area contributed by atoms with Crippen LogP contribution in [0.1, 0.15) is 11.1 Å². The molecule has 2 N–H and O–H groups in total. The average Bonchev–Trinajstić information content (AvgIpc) is 3.07. The molecule has 6 heteroatoms. The van der Waals surface area contributed by atoms with Crippen LogP contribution in [-0.4, -0.2) is 43.6 Å². The number of carbonyl (C=O) groups is 1. The minimum Gasteiger partial charge on any atom is -0.360 e. The van der Waals surface area contributed by atoms with Gasteiger partial charge < -0.3 is 9.80 Å². The molecule has 3 aromatic rings. The summed E-state index contributed by atoms with van der Waals surface area (Å²) < 4.78 is 1.10. The summed E-state index contributed by atoms with van der Waals surface area (Å²) in [5, 5.41) is 3.66. The Morgan fingerprint density at radius 2 is 1.93 bits per heavy atom. The van der Waals surface area contributed by atoms with Crippen molar-refractivity contribution >= 4 is 38.3 Å². The summed E-state index contributed by atoms with van der Waals surface area (Å²) in [6.45, 7) is 8.75. The number of nitrogens with zero attached hydrogens (tertiary/aromatic N) is 2. The lowest BCUT2D eigenvalue weighted by atomic mass is 10.1. The molecule has 2 heterocycles. The van der Waals surface area contributed by atoms with E-state index in [1.165, 1.54) is 33.1 Å². The topological polar surface area (TPSA) is 49.7 Å². The molecule has 0 radical (unpaired) electrons. The lowest BCUT2D eigenvalue weighted by Gasteiger charge is -2.34. The van der Waals surface area contributed by atoms with Gasteiger partial charge in [0.2, 0.25) is 0 Å². The second kappa shape index (κ2) is 7.66. The van der Waals surface area contributed by atoms with Gasteiger partial charge in [0, 0.05) is 5.69 Å². The SMILES string of the molecule is Cc1cccc(N2CC[NH+](CC(=O)Nc3nc4ccccc4s3)CC2)c1C. The van der Waals surface area contributed by atoms with E-state index in [0.717, 1.165) is 36.4 Å². The molecule has 140 valence electrons. The van der Waals surface area contributed by atoms with Crippen molar-refractivity contribution in [3.63, 3.8) is 0 Å². The first kappa shape index (κ1) is 17.9. The molecule has 0 saturated carbocycles. The Bertz CT molecular complexity index is 927. The number of para-hydroxylation sites is 1. The third-order valence-corrected chi connectivity index (χ3v) is 6.29. The van der Waals surface area contributed by atoms with Gasteiger partial charge in [-0.1, -0.05) is 35.6 Å². The number of aromatic nitrogens is 1. The second-order valence-electron chi connectivity index (χ2n) is 7.17. The van der Waals surface area contributed by atoms with Crippen LogP contribution in [0.5, 0.6) is 0 Å². The average molecular weight is 382 g/mol. The van der Waals surface area contributed by atoms with E-state index in [1.807, 2.05) is 24.3 Å². The highest BCUT2D eigenvalue weighted by Gasteiger charge is 2.23. The number of hydrogen-bond donors (Lipinski definition) is 2. The fourth-order valence-corrected chi connectivity index (χ4v) is 4.52. The number of carbonyl (C=O) groups excluding carboxylic acids is 1. The predicted octanol–water partition coefficient (Wildman–Crippen LogP) is 2.26. The van der Waals surface area contributed by atoms with Gasteiger partial charge in [-0.2, -0.15) is 0 Å². The number of nitrogens with one attached hydrogen (secondary N) is 2. The van der Waals surface area contributed by atoms with E-state index in [1.54, 1.807) is 0 Å². The first-order chi connectivity index (χ1) is 13.1. The molecular weight excluding hydrogens is 356 g/mol. The van der Waals surface area contributed by atoms with E-state index in [4.69, 9.17) is 0 Å². The van der Waals surface area contributed by atoms with Crippen LogP contribution >= 0.6 is 11.3 Å². The van der Waals surface area contributed by atoms with Crippen molar-refractivity contribution in [3.8, 4) is 0 Å². The van der Waals surface area contributed by atoms with Gasteiger partial charge in [-0.15, -0.1) is 0 Å². The van der Waals surface area contributed by atoms with Gasteiger partial charge in [-0.3, -0.25) is 10.1 Å². The van der Waals surface area contributed by atoms with Gasteiger partial charge in [0.15, 0.2) is 11.7 Å². The Hall–Kier alpha value is -2.44. The highest BCUT2D eigenvalue weighted by atomic mass is 32.1. The number of amides is 1. The molecule has 5 nitrogen and oxygen atoms in total. The van der Waals surface area contributed by atoms with Gasteiger partial charge >= 0.3 is 0 Å². The third-order valence-electron chi connectivity index (χ3n) is 5.34. The normalized spacial score (nSPS) is 15.3. The lowest BCUT2D eigenvalue weighted by molar-refractivity contribution is -0.892. The van der Waals surface area contributed by atoms with Gasteiger partial charge in [-0.05, 0) is 43.2 Å². The van der Waals surface area contributed by atoms with Gasteiger partial charge in [0.25, 0.3) is 5.91 Å². The molecule has 0 bridgehead atoms. The predicted molar refractivity (Wildman–Crippen MR) is 112 cm³/mol. The molecule has 2 aromatic carbocycles. The molecule has 1 aliphatic heterocycles. The molecule has 4 rings (SSSR count). The molecule has 0 aliphatic carbocycles. The van der Waals surface area contributed by atoms with Crippen LogP contribution in [0.25, 0.3) is 10.2 Å². The van der Waals surface area contributed by atoms with E-state index in [2.05, 4.69) is 47.2 Å². The monoisotopic (exact) mass is 381 g/mol. The number of thiazole rings is 1. The van der Waals surface area contributed by atoms with E-state index < -0.39 is 0 Å². The number of aryl methyl sites for hydroxylation is 1. The molecule has 0 spiro atoms. The Labute approximate surface area is 163 Å². The Kier molecular flexibility index (Phi) is 5.09. The molecular formula is C21H25N4OS+. The van der Waals surface area contributed by atoms with E-state index in [9.17, 15) is 4.79 Å². The van der Waals surface area contributed by atoms with Crippen LogP contribution < -0.4 is 15.1 Å². The molecule has 1 aliphatic rings. The Morgan fingerprint density at radius 3 is 2.70 bits per heavy atom. The summed E-state index contributed by atoms with van der Waals surface area (Å²) in [5.74, 6) is 0.0456. The minimum absolute atomic E-state index is 0.0456. The smallest absolute Gasteiger partial charge is 0.281 e. The molecule has 27 heavy (non-hydrogen) atoms. The number of benzene rings is 2. The first-order valence-electron chi connectivity index (χ1n) is 9.40. The highest BCUT2D eigenvalue weighted by molar-refractivity contribution is 7.22. The number of rotatable bonds is 4. The zero-order valence-corrected chi connectivity index (χ0v) is 16.6. The molecule has 0 atom stereocenters. The van der Waals surface area contributed by atoms with Crippen LogP contribution in [0.2, 0.25) is 0 Å². The van der Waals surface area contributed by atoms with Crippen molar-refractivity contribution in [2.75, 3.05) is 42.9 Å². The number of hydrogen-bond acceptors (Lipinski definition) is 4. The van der Waals surface area contributed by atoms with Crippen LogP contribution in [0, 0.1) is 13.8 Å². The van der Waals surface area contributed by atoms with Crippen molar-refractivity contribution < 1.29 is 9.69 Å². The van der Waals surface area contributed by atoms with Crippen LogP contribution in [0.3, 0.4) is 0 Å². The van der Waals surface area contributed by atoms with Gasteiger partial charge in [-0.25, -0.2) is 4.98 Å². The number of quaternary nitrogens is 1. The summed E-state index contributed by atoms with van der Waals surface area (Å²) in [5.41, 5.74) is 4.95. The van der Waals surface area contributed by atoms with Crippen molar-refractivity contribution in [2.24, 2.45) is 0 Å². The minimum atomic E-state index is 0.0456. The molecule has 1 amide bonds. The lowest BCUT2D eigenvalue weighted by Crippen LogP contribution is -3.15. The highest BCUT2D eigenvalue weighted by Crippen LogP contribution is 2.25. The summed E-state index contributed by atoms with van der Waals surface area (Å²) in [7, 11) is 0. The second-order valence-corrected chi connectivity index (χ2v) is 8.20. The van der Waals surface area contributed by atoms with Crippen LogP contribution in [-0.2, 0) is 4.79 Å². The number of fused-ring (bicyclic) bond motifs is 1. The Morgan fingerprint density at radius 1 is 1.15 bits per heavy atom. The van der Waals surface area contributed by atoms with Crippen molar-refractivity contribution in [1.29, 1.82) is 0 Å². The van der Waals surface area contributed by atoms with Gasteiger partial charge in [0.05, 0.1) is 36.4 Å². The molecule has 1 fully saturated rings. The largest absolute Gasteiger partial charge is 0.360 e. The summed E-state index contributed by atoms with van der Waals surface area (Å²) in [4.78, 5) is 20.7. The van der Waals surface area contributed by atoms with Crippen molar-refractivity contribution in [1.82, 2.24) is 4.98 Å². The maximum Gasteiger partial charge on any atom is 0.281 e.